The summed E-state index contributed by atoms with van der Waals surface area (Å²) in [5.41, 5.74) is 1.88. The molecule has 0 saturated heterocycles. The van der Waals surface area contributed by atoms with Gasteiger partial charge in [-0.25, -0.2) is 4.79 Å². The molecule has 4 nitrogen and oxygen atoms in total. The van der Waals surface area contributed by atoms with E-state index in [1.165, 1.54) is 12.3 Å². The lowest BCUT2D eigenvalue weighted by atomic mass is 10.1. The van der Waals surface area contributed by atoms with Gasteiger partial charge in [-0.05, 0) is 18.1 Å². The molecule has 0 unspecified atom stereocenters. The Kier molecular flexibility index (Phi) is 5.41. The van der Waals surface area contributed by atoms with Gasteiger partial charge < -0.3 is 13.9 Å². The molecular formula is C17H16O4. The van der Waals surface area contributed by atoms with Crippen molar-refractivity contribution < 1.29 is 18.7 Å². The van der Waals surface area contributed by atoms with Crippen LogP contribution in [0.15, 0.2) is 65.8 Å². The normalized spacial score (nSPS) is 10.5. The summed E-state index contributed by atoms with van der Waals surface area (Å²) in [5.74, 6) is 0.154. The number of hydrogen-bond donors (Lipinski definition) is 0. The van der Waals surface area contributed by atoms with Gasteiger partial charge in [-0.1, -0.05) is 55.1 Å². The molecule has 0 atom stereocenters. The van der Waals surface area contributed by atoms with Crippen molar-refractivity contribution >= 4 is 12.2 Å². The van der Waals surface area contributed by atoms with E-state index in [9.17, 15) is 4.79 Å². The number of furan rings is 1. The first-order valence-corrected chi connectivity index (χ1v) is 6.53. The molecule has 108 valence electrons. The Bertz CT molecular complexity index is 611. The molecule has 0 amide bonds. The number of ether oxygens (including phenoxy) is 2. The lowest BCUT2D eigenvalue weighted by Gasteiger charge is -2.02. The van der Waals surface area contributed by atoms with Gasteiger partial charge in [0.25, 0.3) is 5.95 Å². The minimum atomic E-state index is -0.807. The van der Waals surface area contributed by atoms with Gasteiger partial charge >= 0.3 is 6.16 Å². The zero-order valence-electron chi connectivity index (χ0n) is 11.5. The maximum Gasteiger partial charge on any atom is 0.516 e. The standard InChI is InChI=1S/C17H16O4/c1-2-12-20-17(18)21-16-15(11-13-19-16)10-6-9-14-7-4-3-5-8-14/h2-9,11,13H,1,10,12H2/b9-6+. The summed E-state index contributed by atoms with van der Waals surface area (Å²) in [6.07, 6.45) is 6.69. The molecule has 0 radical (unpaired) electrons. The van der Waals surface area contributed by atoms with E-state index in [1.807, 2.05) is 42.5 Å². The number of benzene rings is 1. The molecule has 21 heavy (non-hydrogen) atoms. The van der Waals surface area contributed by atoms with Crippen molar-refractivity contribution in [2.45, 2.75) is 6.42 Å². The summed E-state index contributed by atoms with van der Waals surface area (Å²) in [6, 6.07) is 11.7. The Hall–Kier alpha value is -2.75. The number of hydrogen-bond acceptors (Lipinski definition) is 4. The van der Waals surface area contributed by atoms with E-state index in [1.54, 1.807) is 6.07 Å². The van der Waals surface area contributed by atoms with Crippen LogP contribution in [0.3, 0.4) is 0 Å². The van der Waals surface area contributed by atoms with E-state index < -0.39 is 6.16 Å². The molecule has 0 aliphatic heterocycles. The fraction of sp³-hybridized carbons (Fsp3) is 0.118. The number of allylic oxidation sites excluding steroid dienone is 1. The second-order valence-electron chi connectivity index (χ2n) is 4.20. The van der Waals surface area contributed by atoms with Crippen LogP contribution >= 0.6 is 0 Å². The molecule has 2 rings (SSSR count). The quantitative estimate of drug-likeness (QED) is 0.588. The second-order valence-corrected chi connectivity index (χ2v) is 4.20. The third-order valence-electron chi connectivity index (χ3n) is 2.65. The minimum Gasteiger partial charge on any atom is -0.434 e. The van der Waals surface area contributed by atoms with Crippen molar-refractivity contribution in [2.75, 3.05) is 6.61 Å². The van der Waals surface area contributed by atoms with Crippen molar-refractivity contribution in [3.8, 4) is 5.95 Å². The smallest absolute Gasteiger partial charge is 0.434 e. The van der Waals surface area contributed by atoms with Crippen LogP contribution in [0.1, 0.15) is 11.1 Å². The summed E-state index contributed by atoms with van der Waals surface area (Å²) in [5, 5.41) is 0. The molecule has 0 bridgehead atoms. The van der Waals surface area contributed by atoms with Gasteiger partial charge in [0.1, 0.15) is 6.61 Å². The van der Waals surface area contributed by atoms with Crippen LogP contribution in [0.2, 0.25) is 0 Å². The Balaban J connectivity index is 1.92. The molecule has 0 fully saturated rings. The maximum atomic E-state index is 11.3. The van der Waals surface area contributed by atoms with E-state index in [4.69, 9.17) is 13.9 Å². The van der Waals surface area contributed by atoms with Crippen LogP contribution < -0.4 is 4.74 Å². The average molecular weight is 284 g/mol. The zero-order valence-corrected chi connectivity index (χ0v) is 11.5. The molecule has 0 aliphatic carbocycles. The maximum absolute atomic E-state index is 11.3. The molecule has 4 heteroatoms. The molecule has 0 saturated carbocycles. The predicted octanol–water partition coefficient (Wildman–Crippen LogP) is 4.24. The van der Waals surface area contributed by atoms with Crippen molar-refractivity contribution in [1.29, 1.82) is 0 Å². The molecule has 1 heterocycles. The van der Waals surface area contributed by atoms with Crippen LogP contribution in [0.25, 0.3) is 6.08 Å². The fourth-order valence-corrected chi connectivity index (χ4v) is 1.68. The van der Waals surface area contributed by atoms with E-state index in [2.05, 4.69) is 6.58 Å². The second kappa shape index (κ2) is 7.75. The van der Waals surface area contributed by atoms with Gasteiger partial charge in [0.2, 0.25) is 0 Å². The van der Waals surface area contributed by atoms with Gasteiger partial charge in [-0.15, -0.1) is 0 Å². The first-order chi connectivity index (χ1) is 10.3. The summed E-state index contributed by atoms with van der Waals surface area (Å²) < 4.78 is 14.9. The summed E-state index contributed by atoms with van der Waals surface area (Å²) >= 11 is 0. The van der Waals surface area contributed by atoms with E-state index in [0.717, 1.165) is 11.1 Å². The van der Waals surface area contributed by atoms with Gasteiger partial charge in [0.15, 0.2) is 0 Å². The molecule has 0 N–H and O–H groups in total. The van der Waals surface area contributed by atoms with E-state index in [-0.39, 0.29) is 12.6 Å². The van der Waals surface area contributed by atoms with Crippen molar-refractivity contribution in [1.82, 2.24) is 0 Å². The van der Waals surface area contributed by atoms with Crippen LogP contribution in [0.4, 0.5) is 4.79 Å². The third-order valence-corrected chi connectivity index (χ3v) is 2.65. The van der Waals surface area contributed by atoms with Crippen LogP contribution in [-0.4, -0.2) is 12.8 Å². The molecule has 0 spiro atoms. The van der Waals surface area contributed by atoms with Crippen molar-refractivity contribution in [3.05, 3.63) is 72.5 Å². The van der Waals surface area contributed by atoms with Crippen LogP contribution in [0, 0.1) is 0 Å². The Morgan fingerprint density at radius 2 is 2.05 bits per heavy atom. The highest BCUT2D eigenvalue weighted by atomic mass is 16.8. The van der Waals surface area contributed by atoms with E-state index in [0.29, 0.717) is 6.42 Å². The van der Waals surface area contributed by atoms with Crippen LogP contribution in [0.5, 0.6) is 5.95 Å². The number of rotatable bonds is 6. The highest BCUT2D eigenvalue weighted by molar-refractivity contribution is 5.63. The lowest BCUT2D eigenvalue weighted by Crippen LogP contribution is -2.10. The topological polar surface area (TPSA) is 48.7 Å². The zero-order chi connectivity index (χ0) is 14.9. The number of carbonyl (C=O) groups is 1. The Morgan fingerprint density at radius 3 is 2.81 bits per heavy atom. The SMILES string of the molecule is C=CCOC(=O)Oc1occc1C/C=C/c1ccccc1. The van der Waals surface area contributed by atoms with Crippen LogP contribution in [-0.2, 0) is 11.2 Å². The predicted molar refractivity (Wildman–Crippen MR) is 80.1 cm³/mol. The summed E-state index contributed by atoms with van der Waals surface area (Å²) in [4.78, 5) is 11.3. The Labute approximate surface area is 123 Å². The van der Waals surface area contributed by atoms with Gasteiger partial charge in [-0.3, -0.25) is 0 Å². The van der Waals surface area contributed by atoms with Gasteiger partial charge in [0.05, 0.1) is 6.26 Å². The monoisotopic (exact) mass is 284 g/mol. The largest absolute Gasteiger partial charge is 0.516 e. The lowest BCUT2D eigenvalue weighted by molar-refractivity contribution is 0.0994. The third kappa shape index (κ3) is 4.69. The van der Waals surface area contributed by atoms with E-state index >= 15 is 0 Å². The highest BCUT2D eigenvalue weighted by Gasteiger charge is 2.12. The van der Waals surface area contributed by atoms with Crippen molar-refractivity contribution in [3.63, 3.8) is 0 Å². The first-order valence-electron chi connectivity index (χ1n) is 6.53. The highest BCUT2D eigenvalue weighted by Crippen LogP contribution is 2.21. The van der Waals surface area contributed by atoms with Crippen molar-refractivity contribution in [2.24, 2.45) is 0 Å². The summed E-state index contributed by atoms with van der Waals surface area (Å²) in [7, 11) is 0. The van der Waals surface area contributed by atoms with Gasteiger partial charge in [0, 0.05) is 5.56 Å². The first kappa shape index (κ1) is 14.7. The molecule has 1 aromatic heterocycles. The summed E-state index contributed by atoms with van der Waals surface area (Å²) in [6.45, 7) is 3.55. The Morgan fingerprint density at radius 1 is 1.24 bits per heavy atom. The number of carbonyl (C=O) groups excluding carboxylic acids is 1. The molecule has 2 aromatic rings. The minimum absolute atomic E-state index is 0.1000. The fourth-order valence-electron chi connectivity index (χ4n) is 1.68. The molecule has 1 aromatic carbocycles. The average Bonchev–Trinajstić information content (AvgIpc) is 2.93. The molecule has 0 aliphatic rings. The molecular weight excluding hydrogens is 268 g/mol. The van der Waals surface area contributed by atoms with Gasteiger partial charge in [-0.2, -0.15) is 0 Å².